The summed E-state index contributed by atoms with van der Waals surface area (Å²) in [6.07, 6.45) is 3.15. The number of rotatable bonds is 7. The first-order chi connectivity index (χ1) is 20.3. The minimum atomic E-state index is -1.46. The van der Waals surface area contributed by atoms with Crippen LogP contribution in [0.5, 0.6) is 0 Å². The van der Waals surface area contributed by atoms with Crippen molar-refractivity contribution in [3.05, 3.63) is 11.6 Å². The molecule has 0 bridgehead atoms. The molecule has 8 nitrogen and oxygen atoms in total. The van der Waals surface area contributed by atoms with E-state index in [-0.39, 0.29) is 39.6 Å². The molecule has 1 aliphatic heterocycles. The summed E-state index contributed by atoms with van der Waals surface area (Å²) in [5.41, 5.74) is 0.122. The van der Waals surface area contributed by atoms with Gasteiger partial charge in [0, 0.05) is 0 Å². The van der Waals surface area contributed by atoms with E-state index in [9.17, 15) is 30.6 Å². The second-order valence-electron chi connectivity index (χ2n) is 17.3. The molecule has 6 N–H and O–H groups in total. The van der Waals surface area contributed by atoms with Gasteiger partial charge in [-0.05, 0) is 124 Å². The van der Waals surface area contributed by atoms with Gasteiger partial charge in [-0.1, -0.05) is 46.3 Å². The fourth-order valence-electron chi connectivity index (χ4n) is 11.9. The summed E-state index contributed by atoms with van der Waals surface area (Å²) in [5.74, 6) is 0.792. The Bertz CT molecular complexity index is 1070. The number of hydrogen-bond donors (Lipinski definition) is 6. The van der Waals surface area contributed by atoms with Crippen LogP contribution < -0.4 is 0 Å². The van der Waals surface area contributed by atoms with Crippen molar-refractivity contribution in [3.63, 3.8) is 0 Å². The third kappa shape index (κ3) is 5.26. The van der Waals surface area contributed by atoms with Crippen LogP contribution in [0.1, 0.15) is 113 Å². The summed E-state index contributed by atoms with van der Waals surface area (Å²) in [6.45, 7) is 17.5. The van der Waals surface area contributed by atoms with Crippen molar-refractivity contribution in [3.8, 4) is 0 Å². The van der Waals surface area contributed by atoms with Gasteiger partial charge in [-0.3, -0.25) is 0 Å². The van der Waals surface area contributed by atoms with Gasteiger partial charge in [-0.15, -0.1) is 0 Å². The van der Waals surface area contributed by atoms with E-state index in [2.05, 4.69) is 54.5 Å². The van der Waals surface area contributed by atoms with E-state index >= 15 is 0 Å². The standard InChI is InChI=1S/C36H62O8/c1-20(2)10-9-14-36(8,42)21-11-16-35(7)27(21)22(38)18-25-33(5)15-13-26(32(3,4)24(33)12-17-34(25,35)6)44-31-30(41)29(40)28(39)23(19-37)43-31/h10,21-31,37-42H,9,11-19H2,1-8H3/t21-,22+,23+,24+,25+,26-,27-,28+,29+,30+,31+,33-,34+,35-,36-/m0/s1. The highest BCUT2D eigenvalue weighted by Gasteiger charge is 2.71. The van der Waals surface area contributed by atoms with Crippen LogP contribution in [0, 0.1) is 45.3 Å². The number of aliphatic hydroxyl groups excluding tert-OH is 5. The zero-order valence-electron chi connectivity index (χ0n) is 28.5. The lowest BCUT2D eigenvalue weighted by atomic mass is 9.35. The predicted molar refractivity (Wildman–Crippen MR) is 168 cm³/mol. The van der Waals surface area contributed by atoms with E-state index in [4.69, 9.17) is 9.47 Å². The maximum Gasteiger partial charge on any atom is 0.186 e. The SMILES string of the molecule is CC(C)=CCC[C@](C)(O)[C@H]1CC[C@@]2(C)[C@@H]1[C@H](O)C[C@@H]1[C@@]3(C)CC[C@H](O[C@H]4O[C@H](CO)[C@@H](O)[C@@H](O)[C@H]4O)C(C)(C)[C@H]3CC[C@]12C. The maximum absolute atomic E-state index is 12.0. The van der Waals surface area contributed by atoms with E-state index in [0.717, 1.165) is 51.4 Å². The maximum atomic E-state index is 12.0. The van der Waals surface area contributed by atoms with Crippen LogP contribution >= 0.6 is 0 Å². The van der Waals surface area contributed by atoms with Crippen molar-refractivity contribution in [1.29, 1.82) is 0 Å². The normalized spacial score (nSPS) is 51.5. The zero-order valence-corrected chi connectivity index (χ0v) is 28.5. The number of allylic oxidation sites excluding steroid dienone is 2. The third-order valence-corrected chi connectivity index (χ3v) is 14.5. The number of ether oxygens (including phenoxy) is 2. The molecule has 0 radical (unpaired) electrons. The van der Waals surface area contributed by atoms with Crippen LogP contribution in [0.4, 0.5) is 0 Å². The molecule has 0 amide bonds. The van der Waals surface area contributed by atoms with Gasteiger partial charge in [0.05, 0.1) is 24.4 Å². The molecule has 5 rings (SSSR count). The highest BCUT2D eigenvalue weighted by molar-refractivity contribution is 5.20. The molecular formula is C36H62O8. The smallest absolute Gasteiger partial charge is 0.186 e. The Balaban J connectivity index is 1.37. The summed E-state index contributed by atoms with van der Waals surface area (Å²) < 4.78 is 12.2. The van der Waals surface area contributed by atoms with E-state index in [1.807, 2.05) is 6.92 Å². The van der Waals surface area contributed by atoms with Crippen molar-refractivity contribution in [1.82, 2.24) is 0 Å². The molecule has 5 aliphatic rings. The molecule has 0 aromatic rings. The van der Waals surface area contributed by atoms with Gasteiger partial charge in [-0.2, -0.15) is 0 Å². The van der Waals surface area contributed by atoms with Crippen molar-refractivity contribution < 1.29 is 40.1 Å². The van der Waals surface area contributed by atoms with Gasteiger partial charge in [0.15, 0.2) is 6.29 Å². The molecule has 8 heteroatoms. The molecule has 254 valence electrons. The highest BCUT2D eigenvalue weighted by atomic mass is 16.7. The molecule has 0 spiro atoms. The molecule has 44 heavy (non-hydrogen) atoms. The van der Waals surface area contributed by atoms with Gasteiger partial charge in [0.2, 0.25) is 0 Å². The van der Waals surface area contributed by atoms with E-state index < -0.39 is 49.0 Å². The van der Waals surface area contributed by atoms with Crippen LogP contribution in [0.2, 0.25) is 0 Å². The monoisotopic (exact) mass is 622 g/mol. The summed E-state index contributed by atoms with van der Waals surface area (Å²) in [4.78, 5) is 0. The van der Waals surface area contributed by atoms with Gasteiger partial charge in [0.1, 0.15) is 24.4 Å². The average Bonchev–Trinajstić information content (AvgIpc) is 3.32. The van der Waals surface area contributed by atoms with Crippen LogP contribution in [0.3, 0.4) is 0 Å². The topological polar surface area (TPSA) is 140 Å². The van der Waals surface area contributed by atoms with Crippen molar-refractivity contribution in [2.75, 3.05) is 6.61 Å². The Morgan fingerprint density at radius 2 is 1.55 bits per heavy atom. The number of fused-ring (bicyclic) bond motifs is 5. The Labute approximate surface area is 265 Å². The van der Waals surface area contributed by atoms with Crippen molar-refractivity contribution >= 4 is 0 Å². The summed E-state index contributed by atoms with van der Waals surface area (Å²) in [7, 11) is 0. The first kappa shape index (κ1) is 34.7. The first-order valence-corrected chi connectivity index (χ1v) is 17.3. The average molecular weight is 623 g/mol. The van der Waals surface area contributed by atoms with E-state index in [1.165, 1.54) is 5.57 Å². The van der Waals surface area contributed by atoms with Crippen LogP contribution in [-0.4, -0.2) is 85.8 Å². The molecular weight excluding hydrogens is 560 g/mol. The lowest BCUT2D eigenvalue weighted by Gasteiger charge is -2.70. The molecule has 15 atom stereocenters. The fraction of sp³-hybridized carbons (Fsp3) is 0.944. The van der Waals surface area contributed by atoms with Crippen molar-refractivity contribution in [2.24, 2.45) is 45.3 Å². The second kappa shape index (κ2) is 11.8. The van der Waals surface area contributed by atoms with E-state index in [0.29, 0.717) is 18.3 Å². The fourth-order valence-corrected chi connectivity index (χ4v) is 11.9. The quantitative estimate of drug-likeness (QED) is 0.182. The molecule has 0 unspecified atom stereocenters. The summed E-state index contributed by atoms with van der Waals surface area (Å²) >= 11 is 0. The molecule has 1 saturated heterocycles. The first-order valence-electron chi connectivity index (χ1n) is 17.3. The lowest BCUT2D eigenvalue weighted by molar-refractivity contribution is -0.332. The highest BCUT2D eigenvalue weighted by Crippen LogP contribution is 2.76. The van der Waals surface area contributed by atoms with E-state index in [1.54, 1.807) is 0 Å². The zero-order chi connectivity index (χ0) is 32.6. The van der Waals surface area contributed by atoms with Crippen LogP contribution in [0.15, 0.2) is 11.6 Å². The molecule has 5 fully saturated rings. The minimum Gasteiger partial charge on any atom is -0.394 e. The van der Waals surface area contributed by atoms with Crippen LogP contribution in [0.25, 0.3) is 0 Å². The van der Waals surface area contributed by atoms with Crippen LogP contribution in [-0.2, 0) is 9.47 Å². The third-order valence-electron chi connectivity index (χ3n) is 14.5. The Kier molecular flexibility index (Phi) is 9.35. The van der Waals surface area contributed by atoms with Crippen molar-refractivity contribution in [2.45, 2.75) is 162 Å². The second-order valence-corrected chi connectivity index (χ2v) is 17.3. The van der Waals surface area contributed by atoms with Gasteiger partial charge in [0.25, 0.3) is 0 Å². The lowest BCUT2D eigenvalue weighted by Crippen LogP contribution is -2.67. The molecule has 0 aromatic heterocycles. The van der Waals surface area contributed by atoms with Gasteiger partial charge >= 0.3 is 0 Å². The number of hydrogen-bond acceptors (Lipinski definition) is 8. The molecule has 0 aromatic carbocycles. The Hall–Kier alpha value is -0.580. The number of aliphatic hydroxyl groups is 6. The molecule has 4 aliphatic carbocycles. The summed E-state index contributed by atoms with van der Waals surface area (Å²) in [6, 6.07) is 0. The Morgan fingerprint density at radius 3 is 2.18 bits per heavy atom. The Morgan fingerprint density at radius 1 is 0.886 bits per heavy atom. The van der Waals surface area contributed by atoms with Gasteiger partial charge in [-0.25, -0.2) is 0 Å². The van der Waals surface area contributed by atoms with Gasteiger partial charge < -0.3 is 40.1 Å². The minimum absolute atomic E-state index is 0.0231. The molecule has 4 saturated carbocycles. The molecule has 1 heterocycles. The predicted octanol–water partition coefficient (Wildman–Crippen LogP) is 4.32. The largest absolute Gasteiger partial charge is 0.394 e. The summed E-state index contributed by atoms with van der Waals surface area (Å²) in [5, 5.41) is 64.8.